The number of nitrogens with one attached hydrogen (secondary N) is 2. The number of hydrogen-bond donors (Lipinski definition) is 2. The minimum Gasteiger partial charge on any atom is -0.497 e. The molecule has 8 nitrogen and oxygen atoms in total. The Balaban J connectivity index is 1.38. The Hall–Kier alpha value is -3.55. The normalized spacial score (nSPS) is 14.3. The predicted octanol–water partition coefficient (Wildman–Crippen LogP) is 3.49. The highest BCUT2D eigenvalue weighted by atomic mass is 16.5. The van der Waals surface area contributed by atoms with Gasteiger partial charge in [-0.1, -0.05) is 6.92 Å². The van der Waals surface area contributed by atoms with Gasteiger partial charge in [-0.3, -0.25) is 4.79 Å². The van der Waals surface area contributed by atoms with E-state index in [0.29, 0.717) is 18.3 Å². The van der Waals surface area contributed by atoms with Gasteiger partial charge in [0.1, 0.15) is 23.1 Å². The summed E-state index contributed by atoms with van der Waals surface area (Å²) in [5.74, 6) is 3.04. The van der Waals surface area contributed by atoms with Crippen molar-refractivity contribution in [3.63, 3.8) is 0 Å². The van der Waals surface area contributed by atoms with E-state index in [1.807, 2.05) is 37.3 Å². The number of hydrogen-bond acceptors (Lipinski definition) is 7. The van der Waals surface area contributed by atoms with Crippen molar-refractivity contribution in [3.8, 4) is 22.9 Å². The van der Waals surface area contributed by atoms with Gasteiger partial charge in [0.2, 0.25) is 0 Å². The van der Waals surface area contributed by atoms with Gasteiger partial charge in [0.25, 0.3) is 5.56 Å². The average Bonchev–Trinajstić information content (AvgIpc) is 2.84. The van der Waals surface area contributed by atoms with Crippen LogP contribution in [0.4, 0.5) is 11.5 Å². The van der Waals surface area contributed by atoms with Crippen LogP contribution in [0.25, 0.3) is 11.4 Å². The van der Waals surface area contributed by atoms with E-state index in [9.17, 15) is 4.79 Å². The minimum absolute atomic E-state index is 0.140. The standard InChI is InChI=1S/C24H29N5O3/c1-4-17-13-23(30)28-24(27-17)16-5-6-22(25-15-16)29-9-7-18(8-10-29)26-19-11-20(31-2)14-21(12-19)32-3/h5-6,11-15,18,26H,4,7-10H2,1-3H3,(H,27,28,30). The summed E-state index contributed by atoms with van der Waals surface area (Å²) >= 11 is 0. The summed E-state index contributed by atoms with van der Waals surface area (Å²) in [4.78, 5) is 26.1. The number of anilines is 2. The maximum absolute atomic E-state index is 11.8. The summed E-state index contributed by atoms with van der Waals surface area (Å²) in [5.41, 5.74) is 2.44. The summed E-state index contributed by atoms with van der Waals surface area (Å²) in [6, 6.07) is 11.7. The second-order valence-corrected chi connectivity index (χ2v) is 7.85. The first-order chi connectivity index (χ1) is 15.6. The number of piperidine rings is 1. The number of pyridine rings is 1. The molecule has 1 aliphatic heterocycles. The van der Waals surface area contributed by atoms with Gasteiger partial charge in [-0.15, -0.1) is 0 Å². The molecule has 1 fully saturated rings. The first kappa shape index (κ1) is 21.7. The van der Waals surface area contributed by atoms with Crippen molar-refractivity contribution >= 4 is 11.5 Å². The molecule has 1 saturated heterocycles. The van der Waals surface area contributed by atoms with Gasteiger partial charge in [-0.25, -0.2) is 9.97 Å². The fraction of sp³-hybridized carbons (Fsp3) is 0.375. The van der Waals surface area contributed by atoms with Crippen molar-refractivity contribution in [3.05, 3.63) is 58.6 Å². The maximum atomic E-state index is 11.8. The summed E-state index contributed by atoms with van der Waals surface area (Å²) in [6.07, 6.45) is 4.49. The molecule has 0 bridgehead atoms. The predicted molar refractivity (Wildman–Crippen MR) is 126 cm³/mol. The van der Waals surface area contributed by atoms with Crippen LogP contribution in [0.2, 0.25) is 0 Å². The van der Waals surface area contributed by atoms with Gasteiger partial charge in [-0.05, 0) is 31.4 Å². The van der Waals surface area contributed by atoms with E-state index in [0.717, 1.165) is 60.2 Å². The number of aryl methyl sites for hydroxylation is 1. The number of aromatic amines is 1. The van der Waals surface area contributed by atoms with Crippen LogP contribution >= 0.6 is 0 Å². The van der Waals surface area contributed by atoms with Crippen LogP contribution in [0.15, 0.2) is 47.4 Å². The monoisotopic (exact) mass is 435 g/mol. The van der Waals surface area contributed by atoms with Crippen molar-refractivity contribution in [2.75, 3.05) is 37.5 Å². The first-order valence-corrected chi connectivity index (χ1v) is 10.9. The summed E-state index contributed by atoms with van der Waals surface area (Å²) in [7, 11) is 3.31. The van der Waals surface area contributed by atoms with Gasteiger partial charge < -0.3 is 24.7 Å². The van der Waals surface area contributed by atoms with Crippen LogP contribution in [-0.4, -0.2) is 48.3 Å². The number of ether oxygens (including phenoxy) is 2. The van der Waals surface area contributed by atoms with Crippen LogP contribution in [0, 0.1) is 0 Å². The van der Waals surface area contributed by atoms with E-state index in [1.54, 1.807) is 20.4 Å². The first-order valence-electron chi connectivity index (χ1n) is 10.9. The number of benzene rings is 1. The number of nitrogens with zero attached hydrogens (tertiary/aromatic N) is 3. The smallest absolute Gasteiger partial charge is 0.251 e. The largest absolute Gasteiger partial charge is 0.497 e. The highest BCUT2D eigenvalue weighted by Gasteiger charge is 2.20. The zero-order valence-electron chi connectivity index (χ0n) is 18.7. The Bertz CT molecular complexity index is 1080. The van der Waals surface area contributed by atoms with E-state index >= 15 is 0 Å². The fourth-order valence-electron chi connectivity index (χ4n) is 3.92. The fourth-order valence-corrected chi connectivity index (χ4v) is 3.92. The summed E-state index contributed by atoms with van der Waals surface area (Å²) in [5, 5.41) is 3.60. The lowest BCUT2D eigenvalue weighted by molar-refractivity contribution is 0.394. The van der Waals surface area contributed by atoms with Gasteiger partial charge in [0.15, 0.2) is 0 Å². The van der Waals surface area contributed by atoms with Gasteiger partial charge >= 0.3 is 0 Å². The molecular formula is C24H29N5O3. The topological polar surface area (TPSA) is 92.4 Å². The Labute approximate surface area is 187 Å². The summed E-state index contributed by atoms with van der Waals surface area (Å²) in [6.45, 7) is 3.80. The van der Waals surface area contributed by atoms with Crippen LogP contribution < -0.4 is 25.2 Å². The molecule has 3 aromatic rings. The Morgan fingerprint density at radius 2 is 1.81 bits per heavy atom. The van der Waals surface area contributed by atoms with Crippen molar-refractivity contribution in [1.29, 1.82) is 0 Å². The lowest BCUT2D eigenvalue weighted by atomic mass is 10.0. The van der Waals surface area contributed by atoms with Crippen LogP contribution in [0.5, 0.6) is 11.5 Å². The molecule has 0 spiro atoms. The third-order valence-corrected chi connectivity index (χ3v) is 5.72. The van der Waals surface area contributed by atoms with Gasteiger partial charge in [0, 0.05) is 66.5 Å². The molecule has 0 unspecified atom stereocenters. The zero-order chi connectivity index (χ0) is 22.5. The van der Waals surface area contributed by atoms with Crippen LogP contribution in [-0.2, 0) is 6.42 Å². The van der Waals surface area contributed by atoms with E-state index in [1.165, 1.54) is 6.07 Å². The second kappa shape index (κ2) is 9.72. The molecule has 3 heterocycles. The van der Waals surface area contributed by atoms with Crippen molar-refractivity contribution < 1.29 is 9.47 Å². The molecular weight excluding hydrogens is 406 g/mol. The molecule has 0 radical (unpaired) electrons. The molecule has 32 heavy (non-hydrogen) atoms. The Morgan fingerprint density at radius 1 is 1.09 bits per heavy atom. The number of rotatable bonds is 7. The summed E-state index contributed by atoms with van der Waals surface area (Å²) < 4.78 is 10.7. The van der Waals surface area contributed by atoms with Gasteiger partial charge in [-0.2, -0.15) is 0 Å². The molecule has 1 aliphatic rings. The van der Waals surface area contributed by atoms with Crippen molar-refractivity contribution in [2.24, 2.45) is 0 Å². The van der Waals surface area contributed by atoms with Crippen LogP contribution in [0.3, 0.4) is 0 Å². The molecule has 0 atom stereocenters. The second-order valence-electron chi connectivity index (χ2n) is 7.85. The lowest BCUT2D eigenvalue weighted by Gasteiger charge is -2.33. The molecule has 0 amide bonds. The highest BCUT2D eigenvalue weighted by Crippen LogP contribution is 2.28. The quantitative estimate of drug-likeness (QED) is 0.587. The molecule has 2 N–H and O–H groups in total. The zero-order valence-corrected chi connectivity index (χ0v) is 18.7. The molecule has 168 valence electrons. The van der Waals surface area contributed by atoms with E-state index < -0.39 is 0 Å². The Morgan fingerprint density at radius 3 is 2.41 bits per heavy atom. The number of H-pyrrole nitrogens is 1. The van der Waals surface area contributed by atoms with E-state index in [-0.39, 0.29) is 5.56 Å². The van der Waals surface area contributed by atoms with Crippen molar-refractivity contribution in [1.82, 2.24) is 15.0 Å². The highest BCUT2D eigenvalue weighted by molar-refractivity contribution is 5.57. The molecule has 8 heteroatoms. The molecule has 0 aliphatic carbocycles. The third-order valence-electron chi connectivity index (χ3n) is 5.72. The van der Waals surface area contributed by atoms with Crippen LogP contribution in [0.1, 0.15) is 25.5 Å². The third kappa shape index (κ3) is 5.01. The minimum atomic E-state index is -0.140. The SMILES string of the molecule is CCc1cc(=O)[nH]c(-c2ccc(N3CCC(Nc4cc(OC)cc(OC)c4)CC3)nc2)n1. The maximum Gasteiger partial charge on any atom is 0.251 e. The molecule has 1 aromatic carbocycles. The van der Waals surface area contributed by atoms with Crippen molar-refractivity contribution in [2.45, 2.75) is 32.2 Å². The Kier molecular flexibility index (Phi) is 6.58. The molecule has 0 saturated carbocycles. The number of methoxy groups -OCH3 is 2. The number of aromatic nitrogens is 3. The van der Waals surface area contributed by atoms with E-state index in [4.69, 9.17) is 9.47 Å². The van der Waals surface area contributed by atoms with E-state index in [2.05, 4.69) is 25.2 Å². The average molecular weight is 436 g/mol. The molecule has 2 aromatic heterocycles. The molecule has 4 rings (SSSR count). The van der Waals surface area contributed by atoms with Gasteiger partial charge in [0.05, 0.1) is 14.2 Å². The lowest BCUT2D eigenvalue weighted by Crippen LogP contribution is -2.39.